The number of phosphoric ester groups is 1. The minimum Gasteiger partial charge on any atom is -0.756 e. The number of hydrogen-bond acceptors (Lipinski definition) is 7. The van der Waals surface area contributed by atoms with Gasteiger partial charge in [0.05, 0.1) is 33.8 Å². The topological polar surface area (TPSA) is 114 Å². The summed E-state index contributed by atoms with van der Waals surface area (Å²) in [5, 5.41) is 3.03. The van der Waals surface area contributed by atoms with Crippen molar-refractivity contribution in [3.8, 4) is 0 Å². The lowest BCUT2D eigenvalue weighted by atomic mass is 10.0. The zero-order valence-electron chi connectivity index (χ0n) is 47.2. The van der Waals surface area contributed by atoms with Crippen LogP contribution in [0.3, 0.4) is 0 Å². The predicted octanol–water partition coefficient (Wildman–Crippen LogP) is 17.5. The van der Waals surface area contributed by atoms with Crippen LogP contribution < -0.4 is 10.2 Å². The number of ether oxygens (including phenoxy) is 1. The molecule has 1 N–H and O–H groups in total. The first-order chi connectivity index (χ1) is 33.9. The first kappa shape index (κ1) is 68.5. The lowest BCUT2D eigenvalue weighted by Gasteiger charge is -2.30. The average Bonchev–Trinajstić information content (AvgIpc) is 3.32. The number of hydrogen-bond donors (Lipinski definition) is 1. The number of allylic oxidation sites excluding steroid dienone is 3. The highest BCUT2D eigenvalue weighted by Crippen LogP contribution is 2.38. The first-order valence-electron chi connectivity index (χ1n) is 30.1. The molecule has 0 fully saturated rings. The van der Waals surface area contributed by atoms with Gasteiger partial charge in [0, 0.05) is 12.8 Å². The number of carbonyl (C=O) groups excluding carboxylic acids is 2. The number of quaternary nitrogens is 1. The summed E-state index contributed by atoms with van der Waals surface area (Å²) in [5.74, 6) is -0.532. The van der Waals surface area contributed by atoms with Crippen molar-refractivity contribution < 1.29 is 37.3 Å². The number of rotatable bonds is 55. The molecule has 0 saturated carbocycles. The largest absolute Gasteiger partial charge is 0.756 e. The van der Waals surface area contributed by atoms with E-state index in [1.54, 1.807) is 0 Å². The van der Waals surface area contributed by atoms with Crippen molar-refractivity contribution in [3.63, 3.8) is 0 Å². The number of nitrogens with zero attached hydrogens (tertiary/aromatic N) is 1. The molecule has 9 nitrogen and oxygen atoms in total. The average molecular weight is 1010 g/mol. The maximum Gasteiger partial charge on any atom is 0.306 e. The summed E-state index contributed by atoms with van der Waals surface area (Å²) < 4.78 is 30.3. The lowest BCUT2D eigenvalue weighted by molar-refractivity contribution is -0.870. The Bertz CT molecular complexity index is 1250. The van der Waals surface area contributed by atoms with Crippen LogP contribution in [0.15, 0.2) is 24.3 Å². The van der Waals surface area contributed by atoms with Crippen molar-refractivity contribution in [1.82, 2.24) is 5.32 Å². The Morgan fingerprint density at radius 1 is 0.486 bits per heavy atom. The monoisotopic (exact) mass is 1010 g/mol. The van der Waals surface area contributed by atoms with Crippen molar-refractivity contribution in [1.29, 1.82) is 0 Å². The highest BCUT2D eigenvalue weighted by atomic mass is 31.2. The molecule has 0 aromatic heterocycles. The van der Waals surface area contributed by atoms with E-state index < -0.39 is 20.0 Å². The Hall–Kier alpha value is -1.51. The van der Waals surface area contributed by atoms with E-state index in [0.717, 1.165) is 70.6 Å². The second-order valence-corrected chi connectivity index (χ2v) is 23.3. The number of amides is 1. The Morgan fingerprint density at radius 2 is 0.829 bits per heavy atom. The number of phosphoric acid groups is 1. The molecule has 0 radical (unpaired) electrons. The van der Waals surface area contributed by atoms with Crippen LogP contribution in [0.2, 0.25) is 0 Å². The number of likely N-dealkylation sites (N-methyl/N-ethyl adjacent to an activating group) is 1. The third-order valence-electron chi connectivity index (χ3n) is 13.6. The fraction of sp³-hybridized carbons (Fsp3) is 0.900. The van der Waals surface area contributed by atoms with Gasteiger partial charge in [0.2, 0.25) is 5.91 Å². The van der Waals surface area contributed by atoms with E-state index in [1.165, 1.54) is 193 Å². The van der Waals surface area contributed by atoms with Gasteiger partial charge < -0.3 is 28.5 Å². The maximum atomic E-state index is 13.5. The second-order valence-electron chi connectivity index (χ2n) is 21.9. The van der Waals surface area contributed by atoms with E-state index in [1.807, 2.05) is 33.3 Å². The highest BCUT2D eigenvalue weighted by molar-refractivity contribution is 7.45. The molecule has 414 valence electrons. The summed E-state index contributed by atoms with van der Waals surface area (Å²) in [6.07, 6.45) is 58.5. The molecular weight excluding hydrogens is 892 g/mol. The van der Waals surface area contributed by atoms with Gasteiger partial charge in [0.25, 0.3) is 7.82 Å². The van der Waals surface area contributed by atoms with E-state index in [-0.39, 0.29) is 31.5 Å². The molecule has 10 heteroatoms. The van der Waals surface area contributed by atoms with Gasteiger partial charge in [-0.2, -0.15) is 0 Å². The molecule has 0 heterocycles. The van der Waals surface area contributed by atoms with Gasteiger partial charge in [0.15, 0.2) is 0 Å². The van der Waals surface area contributed by atoms with Crippen LogP contribution in [-0.2, 0) is 27.9 Å². The van der Waals surface area contributed by atoms with Crippen molar-refractivity contribution in [2.75, 3.05) is 40.9 Å². The zero-order valence-corrected chi connectivity index (χ0v) is 48.1. The minimum atomic E-state index is -4.69. The molecule has 1 amide bonds. The zero-order chi connectivity index (χ0) is 51.5. The molecule has 3 atom stereocenters. The summed E-state index contributed by atoms with van der Waals surface area (Å²) in [6.45, 7) is 6.86. The molecule has 0 rings (SSSR count). The van der Waals surface area contributed by atoms with Gasteiger partial charge in [-0.25, -0.2) is 0 Å². The summed E-state index contributed by atoms with van der Waals surface area (Å²) >= 11 is 0. The van der Waals surface area contributed by atoms with Gasteiger partial charge in [-0.3, -0.25) is 14.2 Å². The van der Waals surface area contributed by atoms with Gasteiger partial charge in [-0.05, 0) is 57.4 Å². The molecule has 0 aliphatic heterocycles. The number of unbranched alkanes of at least 4 members (excludes halogenated alkanes) is 37. The molecule has 0 saturated heterocycles. The summed E-state index contributed by atoms with van der Waals surface area (Å²) in [7, 11) is 1.20. The lowest BCUT2D eigenvalue weighted by Crippen LogP contribution is -2.47. The summed E-state index contributed by atoms with van der Waals surface area (Å²) in [6, 6.07) is -0.883. The number of esters is 1. The van der Waals surface area contributed by atoms with Crippen molar-refractivity contribution in [2.24, 2.45) is 0 Å². The molecule has 0 bridgehead atoms. The van der Waals surface area contributed by atoms with Crippen LogP contribution >= 0.6 is 7.82 Å². The van der Waals surface area contributed by atoms with E-state index in [4.69, 9.17) is 13.8 Å². The van der Waals surface area contributed by atoms with E-state index in [2.05, 4.69) is 38.2 Å². The Kier molecular flexibility index (Phi) is 49.9. The van der Waals surface area contributed by atoms with E-state index in [9.17, 15) is 19.0 Å². The van der Waals surface area contributed by atoms with E-state index in [0.29, 0.717) is 17.4 Å². The van der Waals surface area contributed by atoms with Crippen LogP contribution in [0.25, 0.3) is 0 Å². The van der Waals surface area contributed by atoms with Crippen LogP contribution in [0.4, 0.5) is 0 Å². The predicted molar refractivity (Wildman–Crippen MR) is 298 cm³/mol. The molecule has 0 aliphatic rings. The van der Waals surface area contributed by atoms with Gasteiger partial charge in [-0.1, -0.05) is 251 Å². The third kappa shape index (κ3) is 51.4. The molecule has 0 aliphatic carbocycles. The second kappa shape index (κ2) is 51.0. The first-order valence-corrected chi connectivity index (χ1v) is 31.6. The Morgan fingerprint density at radius 3 is 1.23 bits per heavy atom. The standard InChI is InChI=1S/C60H117N2O7P/c1-7-10-13-16-19-22-25-28-30-31-33-34-37-40-43-46-49-52-59(63)61-57(56-68-70(65,66)67-55-54-62(4,5)6)58(51-48-45-42-39-36-27-24-21-18-15-12-9-3)69-60(64)53-50-47-44-41-38-35-32-29-26-23-20-17-14-11-8-2/h23,26,48,51,57-58H,7-22,24-25,27-47,49-50,52-56H2,1-6H3,(H-,61,63,65,66)/b26-23-,51-48+. The molecule has 0 aromatic rings. The third-order valence-corrected chi connectivity index (χ3v) is 14.6. The van der Waals surface area contributed by atoms with Crippen LogP contribution in [0.1, 0.15) is 297 Å². The van der Waals surface area contributed by atoms with Crippen LogP contribution in [0.5, 0.6) is 0 Å². The smallest absolute Gasteiger partial charge is 0.306 e. The number of nitrogens with one attached hydrogen (secondary N) is 1. The van der Waals surface area contributed by atoms with Gasteiger partial charge in [-0.15, -0.1) is 0 Å². The van der Waals surface area contributed by atoms with Crippen molar-refractivity contribution in [3.05, 3.63) is 24.3 Å². The quantitative estimate of drug-likeness (QED) is 0.0212. The molecule has 3 unspecified atom stereocenters. The summed E-state index contributed by atoms with van der Waals surface area (Å²) in [5.41, 5.74) is 0. The number of carbonyl (C=O) groups is 2. The van der Waals surface area contributed by atoms with Crippen LogP contribution in [0, 0.1) is 0 Å². The van der Waals surface area contributed by atoms with Crippen molar-refractivity contribution in [2.45, 2.75) is 309 Å². The maximum absolute atomic E-state index is 13.5. The molecule has 70 heavy (non-hydrogen) atoms. The fourth-order valence-electron chi connectivity index (χ4n) is 8.93. The molecular formula is C60H117N2O7P. The van der Waals surface area contributed by atoms with Crippen molar-refractivity contribution >= 4 is 19.7 Å². The van der Waals surface area contributed by atoms with E-state index >= 15 is 0 Å². The fourth-order valence-corrected chi connectivity index (χ4v) is 9.65. The van der Waals surface area contributed by atoms with Gasteiger partial charge in [0.1, 0.15) is 19.3 Å². The van der Waals surface area contributed by atoms with Crippen LogP contribution in [-0.4, -0.2) is 69.4 Å². The summed E-state index contributed by atoms with van der Waals surface area (Å²) in [4.78, 5) is 39.9. The van der Waals surface area contributed by atoms with Gasteiger partial charge >= 0.3 is 5.97 Å². The highest BCUT2D eigenvalue weighted by Gasteiger charge is 2.27. The molecule has 0 aromatic carbocycles. The Balaban J connectivity index is 5.27. The minimum absolute atomic E-state index is 0.0195. The Labute approximate surface area is 434 Å². The normalized spacial score (nSPS) is 13.9. The SMILES string of the molecule is CCCCCC/C=C\CCCCCCCCCC(=O)OC(/C=C/CCCCCCCCCCCC)C(COP(=O)([O-])OCC[N+](C)(C)C)NC(=O)CCCCCCCCCCCCCCCCCCC. The molecule has 0 spiro atoms.